The number of aromatic nitrogens is 4. The van der Waals surface area contributed by atoms with Crippen molar-refractivity contribution >= 4 is 11.8 Å². The van der Waals surface area contributed by atoms with E-state index < -0.39 is 0 Å². The number of hydrogen-bond donors (Lipinski definition) is 0. The van der Waals surface area contributed by atoms with Gasteiger partial charge in [-0.3, -0.25) is 14.3 Å². The maximum Gasteiger partial charge on any atom is 0.290 e. The van der Waals surface area contributed by atoms with Gasteiger partial charge < -0.3 is 14.4 Å². The van der Waals surface area contributed by atoms with E-state index in [0.717, 1.165) is 23.4 Å². The molecule has 0 unspecified atom stereocenters. The molecule has 0 spiro atoms. The summed E-state index contributed by atoms with van der Waals surface area (Å²) in [5.74, 6) is -0.0289. The molecule has 1 aromatic carbocycles. The minimum atomic E-state index is -0.206. The number of hydrogen-bond acceptors (Lipinski definition) is 4. The molecule has 0 saturated carbocycles. The number of imidazole rings is 1. The highest BCUT2D eigenvalue weighted by molar-refractivity contribution is 5.96. The Kier molecular flexibility index (Phi) is 5.39. The first kappa shape index (κ1) is 19.9. The number of amides is 2. The van der Waals surface area contributed by atoms with E-state index in [1.807, 2.05) is 55.1 Å². The van der Waals surface area contributed by atoms with Crippen molar-refractivity contribution in [3.05, 3.63) is 71.1 Å². The van der Waals surface area contributed by atoms with Crippen molar-refractivity contribution in [3.63, 3.8) is 0 Å². The SMILES string of the molecule is CCn1cc(CN(C)C(=O)c2cn3c(n2)C(=O)N(Cc2ccccc2)CC3)c(C)n1. The molecule has 30 heavy (non-hydrogen) atoms. The van der Waals surface area contributed by atoms with E-state index in [1.165, 1.54) is 0 Å². The first-order valence-electron chi connectivity index (χ1n) is 10.1. The topological polar surface area (TPSA) is 76.3 Å². The van der Waals surface area contributed by atoms with E-state index in [2.05, 4.69) is 10.1 Å². The third-order valence-electron chi connectivity index (χ3n) is 5.43. The van der Waals surface area contributed by atoms with Crippen molar-refractivity contribution in [3.8, 4) is 0 Å². The van der Waals surface area contributed by atoms with Gasteiger partial charge in [0.1, 0.15) is 5.69 Å². The van der Waals surface area contributed by atoms with Crippen LogP contribution in [-0.4, -0.2) is 54.5 Å². The Morgan fingerprint density at radius 3 is 2.63 bits per heavy atom. The molecular weight excluding hydrogens is 380 g/mol. The Morgan fingerprint density at radius 2 is 1.93 bits per heavy atom. The lowest BCUT2D eigenvalue weighted by Crippen LogP contribution is -2.39. The first-order valence-corrected chi connectivity index (χ1v) is 10.1. The van der Waals surface area contributed by atoms with Gasteiger partial charge in [-0.15, -0.1) is 0 Å². The lowest BCUT2D eigenvalue weighted by Gasteiger charge is -2.27. The highest BCUT2D eigenvalue weighted by atomic mass is 16.2. The second-order valence-corrected chi connectivity index (χ2v) is 7.61. The highest BCUT2D eigenvalue weighted by Crippen LogP contribution is 2.17. The van der Waals surface area contributed by atoms with Crippen LogP contribution in [0.2, 0.25) is 0 Å². The maximum atomic E-state index is 12.9. The summed E-state index contributed by atoms with van der Waals surface area (Å²) in [4.78, 5) is 33.6. The minimum Gasteiger partial charge on any atom is -0.336 e. The molecule has 0 aliphatic carbocycles. The van der Waals surface area contributed by atoms with Crippen LogP contribution in [0.15, 0.2) is 42.7 Å². The van der Waals surface area contributed by atoms with Crippen LogP contribution in [-0.2, 0) is 26.2 Å². The van der Waals surface area contributed by atoms with Crippen LogP contribution in [0.5, 0.6) is 0 Å². The number of benzene rings is 1. The van der Waals surface area contributed by atoms with Crippen LogP contribution >= 0.6 is 0 Å². The fraction of sp³-hybridized carbons (Fsp3) is 0.364. The van der Waals surface area contributed by atoms with Gasteiger partial charge in [0, 0.05) is 57.7 Å². The Morgan fingerprint density at radius 1 is 1.17 bits per heavy atom. The molecule has 1 aliphatic heterocycles. The van der Waals surface area contributed by atoms with Gasteiger partial charge in [0.15, 0.2) is 5.82 Å². The molecule has 2 aromatic heterocycles. The lowest BCUT2D eigenvalue weighted by atomic mass is 10.2. The number of rotatable bonds is 6. The summed E-state index contributed by atoms with van der Waals surface area (Å²) in [7, 11) is 1.74. The first-order chi connectivity index (χ1) is 14.5. The molecule has 1 aliphatic rings. The average Bonchev–Trinajstić information content (AvgIpc) is 3.34. The summed E-state index contributed by atoms with van der Waals surface area (Å²) < 4.78 is 3.64. The predicted octanol–water partition coefficient (Wildman–Crippen LogP) is 2.34. The molecule has 8 nitrogen and oxygen atoms in total. The van der Waals surface area contributed by atoms with Crippen molar-refractivity contribution < 1.29 is 9.59 Å². The molecule has 156 valence electrons. The Hall–Kier alpha value is -3.42. The monoisotopic (exact) mass is 406 g/mol. The van der Waals surface area contributed by atoms with Crippen LogP contribution in [0, 0.1) is 6.92 Å². The third kappa shape index (κ3) is 3.85. The zero-order valence-electron chi connectivity index (χ0n) is 17.6. The largest absolute Gasteiger partial charge is 0.336 e. The van der Waals surface area contributed by atoms with E-state index in [0.29, 0.717) is 37.7 Å². The Balaban J connectivity index is 1.48. The molecule has 0 N–H and O–H groups in total. The van der Waals surface area contributed by atoms with E-state index in [4.69, 9.17) is 0 Å². The number of carbonyl (C=O) groups is 2. The number of nitrogens with zero attached hydrogens (tertiary/aromatic N) is 6. The normalized spacial score (nSPS) is 13.4. The van der Waals surface area contributed by atoms with Gasteiger partial charge in [-0.2, -0.15) is 5.10 Å². The Bertz CT molecular complexity index is 1070. The zero-order valence-corrected chi connectivity index (χ0v) is 17.6. The van der Waals surface area contributed by atoms with Crippen LogP contribution in [0.25, 0.3) is 0 Å². The standard InChI is InChI=1S/C22H26N6O2/c1-4-28-14-18(16(2)24-28)13-25(3)21(29)19-15-26-10-11-27(22(30)20(26)23-19)12-17-8-6-5-7-9-17/h5-9,14-15H,4,10-13H2,1-3H3. The fourth-order valence-electron chi connectivity index (χ4n) is 3.69. The third-order valence-corrected chi connectivity index (χ3v) is 5.43. The summed E-state index contributed by atoms with van der Waals surface area (Å²) in [6, 6.07) is 9.88. The molecule has 0 bridgehead atoms. The summed E-state index contributed by atoms with van der Waals surface area (Å²) in [5.41, 5.74) is 3.28. The van der Waals surface area contributed by atoms with Crippen molar-refractivity contribution in [1.82, 2.24) is 29.1 Å². The second kappa shape index (κ2) is 8.14. The van der Waals surface area contributed by atoms with Crippen LogP contribution in [0.4, 0.5) is 0 Å². The molecule has 3 heterocycles. The van der Waals surface area contributed by atoms with Gasteiger partial charge in [0.05, 0.1) is 5.69 Å². The molecule has 3 aromatic rings. The van der Waals surface area contributed by atoms with E-state index in [1.54, 1.807) is 27.6 Å². The molecule has 0 saturated heterocycles. The average molecular weight is 406 g/mol. The molecule has 0 radical (unpaired) electrons. The summed E-state index contributed by atoms with van der Waals surface area (Å²) in [6.45, 7) is 6.95. The highest BCUT2D eigenvalue weighted by Gasteiger charge is 2.29. The predicted molar refractivity (Wildman–Crippen MR) is 112 cm³/mol. The van der Waals surface area contributed by atoms with Crippen molar-refractivity contribution in [2.75, 3.05) is 13.6 Å². The minimum absolute atomic E-state index is 0.146. The second-order valence-electron chi connectivity index (χ2n) is 7.61. The smallest absolute Gasteiger partial charge is 0.290 e. The van der Waals surface area contributed by atoms with Gasteiger partial charge in [-0.05, 0) is 19.4 Å². The Labute approximate surface area is 175 Å². The van der Waals surface area contributed by atoms with Gasteiger partial charge in [0.2, 0.25) is 0 Å². The molecule has 4 rings (SSSR count). The lowest BCUT2D eigenvalue weighted by molar-refractivity contribution is 0.0683. The fourth-order valence-corrected chi connectivity index (χ4v) is 3.69. The van der Waals surface area contributed by atoms with Crippen molar-refractivity contribution in [2.24, 2.45) is 0 Å². The molecular formula is C22H26N6O2. The van der Waals surface area contributed by atoms with Crippen LogP contribution < -0.4 is 0 Å². The van der Waals surface area contributed by atoms with E-state index in [9.17, 15) is 9.59 Å². The molecule has 8 heteroatoms. The summed E-state index contributed by atoms with van der Waals surface area (Å²) in [5, 5.41) is 4.43. The molecule has 0 atom stereocenters. The number of carbonyl (C=O) groups excluding carboxylic acids is 2. The number of aryl methyl sites for hydroxylation is 2. The number of fused-ring (bicyclic) bond motifs is 1. The van der Waals surface area contributed by atoms with Crippen molar-refractivity contribution in [1.29, 1.82) is 0 Å². The van der Waals surface area contributed by atoms with E-state index >= 15 is 0 Å². The van der Waals surface area contributed by atoms with Gasteiger partial charge in [0.25, 0.3) is 11.8 Å². The van der Waals surface area contributed by atoms with Crippen molar-refractivity contribution in [2.45, 2.75) is 40.0 Å². The van der Waals surface area contributed by atoms with Gasteiger partial charge in [-0.1, -0.05) is 30.3 Å². The van der Waals surface area contributed by atoms with Gasteiger partial charge in [-0.25, -0.2) is 4.98 Å². The summed E-state index contributed by atoms with van der Waals surface area (Å²) in [6.07, 6.45) is 3.65. The zero-order chi connectivity index (χ0) is 21.3. The van der Waals surface area contributed by atoms with E-state index in [-0.39, 0.29) is 11.8 Å². The van der Waals surface area contributed by atoms with Gasteiger partial charge >= 0.3 is 0 Å². The molecule has 2 amide bonds. The quantitative estimate of drug-likeness (QED) is 0.630. The summed E-state index contributed by atoms with van der Waals surface area (Å²) >= 11 is 0. The molecule has 0 fully saturated rings. The maximum absolute atomic E-state index is 12.9. The van der Waals surface area contributed by atoms with Crippen LogP contribution in [0.1, 0.15) is 44.9 Å². The van der Waals surface area contributed by atoms with Crippen LogP contribution in [0.3, 0.4) is 0 Å².